The maximum atomic E-state index is 11.8. The van der Waals surface area contributed by atoms with Crippen molar-refractivity contribution >= 4 is 17.6 Å². The lowest BCUT2D eigenvalue weighted by atomic mass is 10.1. The SMILES string of the molecule is Cc1ccc(C(=O)OC(=O)c2ccccc2N)c(O)c1. The van der Waals surface area contributed by atoms with Crippen molar-refractivity contribution in [2.45, 2.75) is 6.92 Å². The molecule has 0 aromatic heterocycles. The van der Waals surface area contributed by atoms with E-state index in [1.807, 2.05) is 0 Å². The molecule has 5 heteroatoms. The Morgan fingerprint density at radius 1 is 1.05 bits per heavy atom. The number of aryl methyl sites for hydroxylation is 1. The third-order valence-corrected chi connectivity index (χ3v) is 2.74. The van der Waals surface area contributed by atoms with Gasteiger partial charge in [0, 0.05) is 5.69 Å². The van der Waals surface area contributed by atoms with Crippen molar-refractivity contribution in [3.05, 3.63) is 59.2 Å². The second-order valence-electron chi connectivity index (χ2n) is 4.28. The minimum absolute atomic E-state index is 0.0709. The fraction of sp³-hybridized carbons (Fsp3) is 0.0667. The quantitative estimate of drug-likeness (QED) is 0.497. The van der Waals surface area contributed by atoms with Crippen molar-refractivity contribution in [3.8, 4) is 5.75 Å². The smallest absolute Gasteiger partial charge is 0.349 e. The highest BCUT2D eigenvalue weighted by Crippen LogP contribution is 2.20. The van der Waals surface area contributed by atoms with Crippen molar-refractivity contribution in [2.75, 3.05) is 5.73 Å². The zero-order valence-corrected chi connectivity index (χ0v) is 10.8. The van der Waals surface area contributed by atoms with Crippen molar-refractivity contribution in [1.29, 1.82) is 0 Å². The average molecular weight is 271 g/mol. The predicted octanol–water partition coefficient (Wildman–Crippen LogP) is 2.28. The summed E-state index contributed by atoms with van der Waals surface area (Å²) >= 11 is 0. The van der Waals surface area contributed by atoms with Gasteiger partial charge in [-0.3, -0.25) is 0 Å². The zero-order chi connectivity index (χ0) is 14.7. The van der Waals surface area contributed by atoms with Crippen LogP contribution in [-0.4, -0.2) is 17.0 Å². The number of aromatic hydroxyl groups is 1. The molecule has 3 N–H and O–H groups in total. The number of esters is 2. The third kappa shape index (κ3) is 2.77. The molecule has 0 heterocycles. The highest BCUT2D eigenvalue weighted by atomic mass is 16.6. The number of para-hydroxylation sites is 1. The van der Waals surface area contributed by atoms with E-state index in [1.165, 1.54) is 24.3 Å². The van der Waals surface area contributed by atoms with E-state index in [-0.39, 0.29) is 22.6 Å². The van der Waals surface area contributed by atoms with Crippen LogP contribution in [0.1, 0.15) is 26.3 Å². The fourth-order valence-electron chi connectivity index (χ4n) is 1.69. The maximum Gasteiger partial charge on any atom is 0.349 e. The Hall–Kier alpha value is -2.82. The molecule has 0 atom stereocenters. The number of rotatable bonds is 2. The first-order chi connectivity index (χ1) is 9.49. The molecule has 102 valence electrons. The van der Waals surface area contributed by atoms with E-state index in [0.29, 0.717) is 0 Å². The van der Waals surface area contributed by atoms with E-state index < -0.39 is 11.9 Å². The number of anilines is 1. The molecule has 2 rings (SSSR count). The summed E-state index contributed by atoms with van der Waals surface area (Å²) in [6.07, 6.45) is 0. The molecule has 0 unspecified atom stereocenters. The number of hydrogen-bond donors (Lipinski definition) is 2. The Morgan fingerprint density at radius 2 is 1.70 bits per heavy atom. The van der Waals surface area contributed by atoms with Gasteiger partial charge in [-0.15, -0.1) is 0 Å². The molecule has 2 aromatic rings. The first-order valence-corrected chi connectivity index (χ1v) is 5.89. The van der Waals surface area contributed by atoms with Gasteiger partial charge in [-0.1, -0.05) is 18.2 Å². The highest BCUT2D eigenvalue weighted by molar-refractivity contribution is 6.05. The number of hydrogen-bond acceptors (Lipinski definition) is 5. The van der Waals surface area contributed by atoms with Crippen LogP contribution < -0.4 is 5.73 Å². The lowest BCUT2D eigenvalue weighted by molar-refractivity contribution is 0.0397. The molecule has 0 saturated carbocycles. The van der Waals surface area contributed by atoms with Gasteiger partial charge in [0.1, 0.15) is 11.3 Å². The van der Waals surface area contributed by atoms with E-state index in [2.05, 4.69) is 0 Å². The van der Waals surface area contributed by atoms with Crippen LogP contribution in [0.4, 0.5) is 5.69 Å². The van der Waals surface area contributed by atoms with Gasteiger partial charge in [-0.05, 0) is 36.8 Å². The van der Waals surface area contributed by atoms with Crippen LogP contribution in [0.2, 0.25) is 0 Å². The van der Waals surface area contributed by atoms with Gasteiger partial charge in [-0.25, -0.2) is 9.59 Å². The van der Waals surface area contributed by atoms with Gasteiger partial charge >= 0.3 is 11.9 Å². The molecule has 20 heavy (non-hydrogen) atoms. The number of benzene rings is 2. The Morgan fingerprint density at radius 3 is 2.35 bits per heavy atom. The summed E-state index contributed by atoms with van der Waals surface area (Å²) in [6, 6.07) is 10.7. The number of phenolic OH excluding ortho intramolecular Hbond substituents is 1. The topological polar surface area (TPSA) is 89.6 Å². The molecule has 0 amide bonds. The summed E-state index contributed by atoms with van der Waals surface area (Å²) in [6.45, 7) is 1.77. The number of nitrogen functional groups attached to an aromatic ring is 1. The Labute approximate surface area is 115 Å². The molecule has 0 aliphatic heterocycles. The van der Waals surface area contributed by atoms with Gasteiger partial charge < -0.3 is 15.6 Å². The summed E-state index contributed by atoms with van der Waals surface area (Å²) in [5, 5.41) is 9.66. The summed E-state index contributed by atoms with van der Waals surface area (Å²) in [4.78, 5) is 23.7. The fourth-order valence-corrected chi connectivity index (χ4v) is 1.69. The zero-order valence-electron chi connectivity index (χ0n) is 10.8. The normalized spacial score (nSPS) is 10.1. The van der Waals surface area contributed by atoms with Gasteiger partial charge in [0.15, 0.2) is 0 Å². The molecule has 5 nitrogen and oxygen atoms in total. The van der Waals surface area contributed by atoms with Crippen LogP contribution in [0.5, 0.6) is 5.75 Å². The molecule has 0 aliphatic carbocycles. The van der Waals surface area contributed by atoms with Gasteiger partial charge in [0.05, 0.1) is 5.56 Å². The van der Waals surface area contributed by atoms with E-state index in [0.717, 1.165) is 5.56 Å². The summed E-state index contributed by atoms with van der Waals surface area (Å²) in [5.41, 5.74) is 6.67. The first-order valence-electron chi connectivity index (χ1n) is 5.89. The standard InChI is InChI=1S/C15H13NO4/c1-9-6-7-11(13(17)8-9)15(19)20-14(18)10-4-2-3-5-12(10)16/h2-8,17H,16H2,1H3. The number of carbonyl (C=O) groups excluding carboxylic acids is 2. The monoisotopic (exact) mass is 271 g/mol. The minimum Gasteiger partial charge on any atom is -0.507 e. The molecule has 2 aromatic carbocycles. The molecular formula is C15H13NO4. The Kier molecular flexibility index (Phi) is 3.70. The third-order valence-electron chi connectivity index (χ3n) is 2.74. The van der Waals surface area contributed by atoms with E-state index >= 15 is 0 Å². The second-order valence-corrected chi connectivity index (χ2v) is 4.28. The molecule has 0 fully saturated rings. The molecule has 0 bridgehead atoms. The van der Waals surface area contributed by atoms with Crippen LogP contribution in [0.3, 0.4) is 0 Å². The van der Waals surface area contributed by atoms with E-state index in [9.17, 15) is 14.7 Å². The van der Waals surface area contributed by atoms with Crippen LogP contribution >= 0.6 is 0 Å². The largest absolute Gasteiger partial charge is 0.507 e. The van der Waals surface area contributed by atoms with Crippen molar-refractivity contribution in [3.63, 3.8) is 0 Å². The lowest BCUT2D eigenvalue weighted by Crippen LogP contribution is -2.14. The number of phenols is 1. The van der Waals surface area contributed by atoms with Crippen molar-refractivity contribution in [2.24, 2.45) is 0 Å². The Bertz CT molecular complexity index is 679. The van der Waals surface area contributed by atoms with Crippen LogP contribution in [-0.2, 0) is 4.74 Å². The number of nitrogens with two attached hydrogens (primary N) is 1. The predicted molar refractivity (Wildman–Crippen MR) is 73.4 cm³/mol. The number of ether oxygens (including phenoxy) is 1. The summed E-state index contributed by atoms with van der Waals surface area (Å²) in [5.74, 6) is -2.01. The van der Waals surface area contributed by atoms with Gasteiger partial charge in [0.2, 0.25) is 0 Å². The lowest BCUT2D eigenvalue weighted by Gasteiger charge is -2.07. The van der Waals surface area contributed by atoms with Crippen LogP contribution in [0.25, 0.3) is 0 Å². The van der Waals surface area contributed by atoms with Gasteiger partial charge in [-0.2, -0.15) is 0 Å². The van der Waals surface area contributed by atoms with Crippen molar-refractivity contribution in [1.82, 2.24) is 0 Å². The molecule has 0 spiro atoms. The first kappa shape index (κ1) is 13.6. The summed E-state index contributed by atoms with van der Waals surface area (Å²) < 4.78 is 4.71. The number of carbonyl (C=O) groups is 2. The molecular weight excluding hydrogens is 258 g/mol. The second kappa shape index (κ2) is 5.44. The average Bonchev–Trinajstić information content (AvgIpc) is 2.38. The molecule has 0 aliphatic rings. The van der Waals surface area contributed by atoms with E-state index in [4.69, 9.17) is 10.5 Å². The van der Waals surface area contributed by atoms with E-state index in [1.54, 1.807) is 25.1 Å². The van der Waals surface area contributed by atoms with Crippen LogP contribution in [0, 0.1) is 6.92 Å². The summed E-state index contributed by atoms with van der Waals surface area (Å²) in [7, 11) is 0. The van der Waals surface area contributed by atoms with Crippen LogP contribution in [0.15, 0.2) is 42.5 Å². The van der Waals surface area contributed by atoms with Gasteiger partial charge in [0.25, 0.3) is 0 Å². The minimum atomic E-state index is -0.921. The van der Waals surface area contributed by atoms with Crippen molar-refractivity contribution < 1.29 is 19.4 Å². The highest BCUT2D eigenvalue weighted by Gasteiger charge is 2.19. The maximum absolute atomic E-state index is 11.8. The molecule has 0 saturated heterocycles. The Balaban J connectivity index is 2.20. The molecule has 0 radical (unpaired) electrons.